The van der Waals surface area contributed by atoms with Gasteiger partial charge in [0.1, 0.15) is 5.82 Å². The molecule has 0 unspecified atom stereocenters. The Kier molecular flexibility index (Phi) is 4.58. The van der Waals surface area contributed by atoms with Gasteiger partial charge in [-0.2, -0.15) is 0 Å². The SMILES string of the molecule is CC(=O)Oc1c(N2CCCS2(O)O)oc(-c2cc(Cl)ccc2F)c1O. The van der Waals surface area contributed by atoms with Crippen molar-refractivity contribution in [2.75, 3.05) is 16.6 Å². The third-order valence-corrected chi connectivity index (χ3v) is 5.73. The zero-order valence-electron chi connectivity index (χ0n) is 13.0. The highest BCUT2D eigenvalue weighted by atomic mass is 35.5. The first kappa shape index (κ1) is 17.9. The highest BCUT2D eigenvalue weighted by Gasteiger charge is 2.37. The highest BCUT2D eigenvalue weighted by Crippen LogP contribution is 2.58. The second-order valence-electron chi connectivity index (χ2n) is 5.42. The molecule has 136 valence electrons. The van der Waals surface area contributed by atoms with Crippen molar-refractivity contribution < 1.29 is 32.6 Å². The average molecular weight is 392 g/mol. The second kappa shape index (κ2) is 6.41. The molecule has 10 heteroatoms. The molecule has 2 aromatic rings. The first-order chi connectivity index (χ1) is 11.7. The Labute approximate surface area is 149 Å². The van der Waals surface area contributed by atoms with Gasteiger partial charge in [-0.05, 0) is 24.6 Å². The summed E-state index contributed by atoms with van der Waals surface area (Å²) < 4.78 is 45.9. The number of rotatable bonds is 3. The molecule has 0 saturated carbocycles. The fourth-order valence-corrected chi connectivity index (χ4v) is 4.26. The molecule has 3 rings (SSSR count). The maximum Gasteiger partial charge on any atom is 0.308 e. The standard InChI is InChI=1S/C15H15ClFNO6S/c1-8(19)23-14-12(20)13(10-7-9(16)3-4-11(10)17)24-15(14)18-5-2-6-25(18,21)22/h3-4,7,20-22H,2,5-6H2,1H3. The van der Waals surface area contributed by atoms with Crippen molar-refractivity contribution in [2.24, 2.45) is 0 Å². The van der Waals surface area contributed by atoms with Crippen LogP contribution in [0.25, 0.3) is 11.3 Å². The fourth-order valence-electron chi connectivity index (χ4n) is 2.54. The van der Waals surface area contributed by atoms with Crippen molar-refractivity contribution in [3.8, 4) is 22.8 Å². The quantitative estimate of drug-likeness (QED) is 0.672. The van der Waals surface area contributed by atoms with Crippen molar-refractivity contribution >= 4 is 34.2 Å². The molecule has 0 amide bonds. The van der Waals surface area contributed by atoms with Crippen LogP contribution in [0, 0.1) is 5.82 Å². The van der Waals surface area contributed by atoms with Crippen LogP contribution in [0.15, 0.2) is 22.6 Å². The zero-order valence-corrected chi connectivity index (χ0v) is 14.6. The smallest absolute Gasteiger partial charge is 0.308 e. The molecule has 7 nitrogen and oxygen atoms in total. The summed E-state index contributed by atoms with van der Waals surface area (Å²) in [6.45, 7) is 1.32. The minimum absolute atomic E-state index is 0.106. The Morgan fingerprint density at radius 2 is 2.16 bits per heavy atom. The highest BCUT2D eigenvalue weighted by molar-refractivity contribution is 8.25. The lowest BCUT2D eigenvalue weighted by atomic mass is 10.1. The number of esters is 1. The van der Waals surface area contributed by atoms with Crippen molar-refractivity contribution in [2.45, 2.75) is 13.3 Å². The van der Waals surface area contributed by atoms with Gasteiger partial charge in [-0.1, -0.05) is 11.6 Å². The molecule has 3 N–H and O–H groups in total. The van der Waals surface area contributed by atoms with E-state index >= 15 is 0 Å². The van der Waals surface area contributed by atoms with Gasteiger partial charge in [0.05, 0.1) is 11.3 Å². The number of anilines is 1. The second-order valence-corrected chi connectivity index (χ2v) is 7.97. The number of nitrogens with zero attached hydrogens (tertiary/aromatic N) is 1. The molecule has 1 aromatic carbocycles. The minimum Gasteiger partial charge on any atom is -0.502 e. The lowest BCUT2D eigenvalue weighted by Gasteiger charge is -2.36. The summed E-state index contributed by atoms with van der Waals surface area (Å²) in [7, 11) is -3.18. The topological polar surface area (TPSA) is 103 Å². The van der Waals surface area contributed by atoms with E-state index in [1.54, 1.807) is 0 Å². The lowest BCUT2D eigenvalue weighted by Crippen LogP contribution is -2.22. The first-order valence-electron chi connectivity index (χ1n) is 7.24. The molecule has 0 spiro atoms. The molecule has 1 aliphatic rings. The molecule has 0 aliphatic carbocycles. The van der Waals surface area contributed by atoms with Gasteiger partial charge in [0.25, 0.3) is 5.88 Å². The van der Waals surface area contributed by atoms with E-state index in [2.05, 4.69) is 0 Å². The number of furan rings is 1. The number of halogens is 2. The van der Waals surface area contributed by atoms with E-state index in [1.807, 2.05) is 0 Å². The van der Waals surface area contributed by atoms with Gasteiger partial charge in [0.2, 0.25) is 11.5 Å². The third-order valence-electron chi connectivity index (χ3n) is 3.60. The molecule has 1 fully saturated rings. The number of benzene rings is 1. The maximum atomic E-state index is 14.1. The van der Waals surface area contributed by atoms with Crippen molar-refractivity contribution in [3.63, 3.8) is 0 Å². The Morgan fingerprint density at radius 3 is 2.76 bits per heavy atom. The number of aromatic hydroxyl groups is 1. The van der Waals surface area contributed by atoms with Crippen LogP contribution in [0.4, 0.5) is 10.3 Å². The number of hydrogen-bond donors (Lipinski definition) is 3. The van der Waals surface area contributed by atoms with Crippen molar-refractivity contribution in [1.82, 2.24) is 0 Å². The summed E-state index contributed by atoms with van der Waals surface area (Å²) in [4.78, 5) is 11.4. The van der Waals surface area contributed by atoms with E-state index in [4.69, 9.17) is 20.8 Å². The number of ether oxygens (including phenoxy) is 1. The molecule has 1 saturated heterocycles. The van der Waals surface area contributed by atoms with Crippen molar-refractivity contribution in [1.29, 1.82) is 0 Å². The van der Waals surface area contributed by atoms with Crippen LogP contribution in [0.5, 0.6) is 11.5 Å². The Bertz CT molecular complexity index is 840. The van der Waals surface area contributed by atoms with Crippen LogP contribution < -0.4 is 9.04 Å². The van der Waals surface area contributed by atoms with E-state index in [-0.39, 0.29) is 34.5 Å². The predicted molar refractivity (Wildman–Crippen MR) is 91.8 cm³/mol. The summed E-state index contributed by atoms with van der Waals surface area (Å²) in [5.74, 6) is -2.98. The summed E-state index contributed by atoms with van der Waals surface area (Å²) in [6, 6.07) is 3.65. The Balaban J connectivity index is 2.18. The number of hydrogen-bond acceptors (Lipinski definition) is 7. The normalized spacial score (nSPS) is 17.6. The molecule has 2 heterocycles. The molecule has 1 aromatic heterocycles. The van der Waals surface area contributed by atoms with Gasteiger partial charge in [0.15, 0.2) is 5.76 Å². The summed E-state index contributed by atoms with van der Waals surface area (Å²) in [6.07, 6.45) is 0.462. The third kappa shape index (κ3) is 3.28. The van der Waals surface area contributed by atoms with Crippen LogP contribution in [-0.2, 0) is 4.79 Å². The van der Waals surface area contributed by atoms with E-state index in [9.17, 15) is 23.4 Å². The molecular formula is C15H15ClFNO6S. The van der Waals surface area contributed by atoms with E-state index in [1.165, 1.54) is 12.1 Å². The monoisotopic (exact) mass is 391 g/mol. The minimum atomic E-state index is -3.18. The van der Waals surface area contributed by atoms with Crippen LogP contribution in [-0.4, -0.2) is 32.5 Å². The van der Waals surface area contributed by atoms with Crippen molar-refractivity contribution in [3.05, 3.63) is 29.0 Å². The molecule has 0 atom stereocenters. The van der Waals surface area contributed by atoms with E-state index in [0.717, 1.165) is 17.3 Å². The molecular weight excluding hydrogens is 377 g/mol. The van der Waals surface area contributed by atoms with Gasteiger partial charge >= 0.3 is 5.97 Å². The van der Waals surface area contributed by atoms with Gasteiger partial charge in [-0.25, -0.2) is 8.70 Å². The molecule has 1 aliphatic heterocycles. The van der Waals surface area contributed by atoms with Gasteiger partial charge < -0.3 is 14.3 Å². The molecule has 0 bridgehead atoms. The first-order valence-corrected chi connectivity index (χ1v) is 9.29. The van der Waals surface area contributed by atoms with Gasteiger partial charge in [0, 0.05) is 18.5 Å². The predicted octanol–water partition coefficient (Wildman–Crippen LogP) is 4.25. The maximum absolute atomic E-state index is 14.1. The van der Waals surface area contributed by atoms with E-state index < -0.39 is 34.1 Å². The van der Waals surface area contributed by atoms with Crippen LogP contribution in [0.1, 0.15) is 13.3 Å². The summed E-state index contributed by atoms with van der Waals surface area (Å²) in [5, 5.41) is 10.6. The van der Waals surface area contributed by atoms with Crippen LogP contribution in [0.2, 0.25) is 5.02 Å². The number of carbonyl (C=O) groups is 1. The van der Waals surface area contributed by atoms with Gasteiger partial charge in [-0.3, -0.25) is 13.9 Å². The summed E-state index contributed by atoms with van der Waals surface area (Å²) >= 11 is 5.86. The van der Waals surface area contributed by atoms with Crippen LogP contribution >= 0.6 is 22.4 Å². The van der Waals surface area contributed by atoms with Gasteiger partial charge in [-0.15, -0.1) is 10.8 Å². The fraction of sp³-hybridized carbons (Fsp3) is 0.267. The summed E-state index contributed by atoms with van der Waals surface area (Å²) in [5.41, 5.74) is -0.152. The lowest BCUT2D eigenvalue weighted by molar-refractivity contribution is -0.132. The number of carbonyl (C=O) groups excluding carboxylic acids is 1. The zero-order chi connectivity index (χ0) is 18.4. The molecule has 0 radical (unpaired) electrons. The Hall–Kier alpha value is -1.94. The largest absolute Gasteiger partial charge is 0.502 e. The Morgan fingerprint density at radius 1 is 1.44 bits per heavy atom. The van der Waals surface area contributed by atoms with E-state index in [0.29, 0.717) is 6.42 Å². The average Bonchev–Trinajstić information content (AvgIpc) is 3.02. The molecule has 25 heavy (non-hydrogen) atoms. The van der Waals surface area contributed by atoms with Crippen LogP contribution in [0.3, 0.4) is 0 Å².